The van der Waals surface area contributed by atoms with Crippen molar-refractivity contribution >= 4 is 34.4 Å². The van der Waals surface area contributed by atoms with Crippen LogP contribution in [0.5, 0.6) is 5.75 Å². The zero-order chi connectivity index (χ0) is 21.1. The van der Waals surface area contributed by atoms with E-state index in [9.17, 15) is 9.59 Å². The Labute approximate surface area is 179 Å². The Hall–Kier alpha value is -3.38. The van der Waals surface area contributed by atoms with Crippen LogP contribution in [0.25, 0.3) is 5.57 Å². The van der Waals surface area contributed by atoms with Gasteiger partial charge in [-0.3, -0.25) is 9.59 Å². The number of nitrogens with zero attached hydrogens (tertiary/aromatic N) is 2. The van der Waals surface area contributed by atoms with Crippen molar-refractivity contribution in [3.8, 4) is 5.75 Å². The Morgan fingerprint density at radius 3 is 2.30 bits per heavy atom. The molecule has 1 aliphatic rings. The van der Waals surface area contributed by atoms with Crippen LogP contribution >= 0.6 is 11.3 Å². The molecule has 2 heterocycles. The molecule has 0 atom stereocenters. The first-order valence-corrected chi connectivity index (χ1v) is 10.6. The topological polar surface area (TPSA) is 49.9 Å². The molecule has 0 N–H and O–H groups in total. The SMILES string of the molecule is CCOc1ccc(N2C(=O)C(c3cccs3)=C(N(C)Cc3ccccc3)C2=O)cc1. The number of amides is 2. The minimum atomic E-state index is -0.314. The second-order valence-electron chi connectivity index (χ2n) is 6.92. The average Bonchev–Trinajstić information content (AvgIpc) is 3.36. The zero-order valence-corrected chi connectivity index (χ0v) is 17.7. The van der Waals surface area contributed by atoms with Gasteiger partial charge in [0.2, 0.25) is 0 Å². The van der Waals surface area contributed by atoms with Crippen LogP contribution in [0.15, 0.2) is 77.8 Å². The molecule has 0 fully saturated rings. The highest BCUT2D eigenvalue weighted by molar-refractivity contribution is 7.11. The van der Waals surface area contributed by atoms with Crippen molar-refractivity contribution in [2.75, 3.05) is 18.6 Å². The highest BCUT2D eigenvalue weighted by Crippen LogP contribution is 2.36. The van der Waals surface area contributed by atoms with E-state index in [4.69, 9.17) is 4.74 Å². The smallest absolute Gasteiger partial charge is 0.282 e. The van der Waals surface area contributed by atoms with Crippen LogP contribution in [0.4, 0.5) is 5.69 Å². The van der Waals surface area contributed by atoms with Crippen LogP contribution < -0.4 is 9.64 Å². The summed E-state index contributed by atoms with van der Waals surface area (Å²) < 4.78 is 5.48. The van der Waals surface area contributed by atoms with Gasteiger partial charge in [-0.15, -0.1) is 11.3 Å². The summed E-state index contributed by atoms with van der Waals surface area (Å²) in [6.45, 7) is 2.99. The molecular weight excluding hydrogens is 396 g/mol. The number of benzene rings is 2. The molecule has 4 rings (SSSR count). The van der Waals surface area contributed by atoms with E-state index in [2.05, 4.69) is 0 Å². The van der Waals surface area contributed by atoms with Gasteiger partial charge in [0.05, 0.1) is 17.9 Å². The molecule has 0 unspecified atom stereocenters. The van der Waals surface area contributed by atoms with Gasteiger partial charge in [-0.2, -0.15) is 0 Å². The summed E-state index contributed by atoms with van der Waals surface area (Å²) in [6, 6.07) is 20.7. The minimum absolute atomic E-state index is 0.304. The largest absolute Gasteiger partial charge is 0.494 e. The predicted molar refractivity (Wildman–Crippen MR) is 119 cm³/mol. The van der Waals surface area contributed by atoms with Crippen LogP contribution in [0.2, 0.25) is 0 Å². The predicted octanol–water partition coefficient (Wildman–Crippen LogP) is 4.56. The van der Waals surface area contributed by atoms with Crippen molar-refractivity contribution in [3.63, 3.8) is 0 Å². The normalized spacial score (nSPS) is 13.9. The van der Waals surface area contributed by atoms with Crippen LogP contribution in [0.1, 0.15) is 17.4 Å². The molecule has 30 heavy (non-hydrogen) atoms. The molecule has 2 amide bonds. The van der Waals surface area contributed by atoms with Gasteiger partial charge in [0.15, 0.2) is 0 Å². The fourth-order valence-electron chi connectivity index (χ4n) is 3.54. The molecule has 2 aromatic carbocycles. The van der Waals surface area contributed by atoms with Gasteiger partial charge in [0.25, 0.3) is 11.8 Å². The highest BCUT2D eigenvalue weighted by atomic mass is 32.1. The maximum absolute atomic E-state index is 13.4. The minimum Gasteiger partial charge on any atom is -0.494 e. The Balaban J connectivity index is 1.71. The number of thiophene rings is 1. The van der Waals surface area contributed by atoms with Gasteiger partial charge in [-0.1, -0.05) is 36.4 Å². The molecule has 5 nitrogen and oxygen atoms in total. The van der Waals surface area contributed by atoms with E-state index in [0.717, 1.165) is 10.4 Å². The lowest BCUT2D eigenvalue weighted by molar-refractivity contribution is -0.120. The second kappa shape index (κ2) is 8.55. The van der Waals surface area contributed by atoms with Gasteiger partial charge in [-0.25, -0.2) is 4.90 Å². The van der Waals surface area contributed by atoms with Gasteiger partial charge >= 0.3 is 0 Å². The van der Waals surface area contributed by atoms with E-state index < -0.39 is 0 Å². The Bertz CT molecular complexity index is 1070. The van der Waals surface area contributed by atoms with Crippen molar-refractivity contribution in [1.82, 2.24) is 4.90 Å². The molecule has 0 saturated carbocycles. The van der Waals surface area contributed by atoms with Crippen molar-refractivity contribution in [3.05, 3.63) is 88.2 Å². The maximum Gasteiger partial charge on any atom is 0.282 e. The van der Waals surface area contributed by atoms with Gasteiger partial charge in [-0.05, 0) is 48.2 Å². The number of imide groups is 1. The lowest BCUT2D eigenvalue weighted by atomic mass is 10.1. The zero-order valence-electron chi connectivity index (χ0n) is 16.9. The highest BCUT2D eigenvalue weighted by Gasteiger charge is 2.42. The van der Waals surface area contributed by atoms with E-state index in [1.807, 2.05) is 66.7 Å². The average molecular weight is 419 g/mol. The summed E-state index contributed by atoms with van der Waals surface area (Å²) in [5.41, 5.74) is 2.46. The molecule has 152 valence electrons. The van der Waals surface area contributed by atoms with Crippen molar-refractivity contribution < 1.29 is 14.3 Å². The number of carbonyl (C=O) groups is 2. The lowest BCUT2D eigenvalue weighted by Gasteiger charge is -2.21. The molecule has 0 bridgehead atoms. The van der Waals surface area contributed by atoms with Crippen molar-refractivity contribution in [2.45, 2.75) is 13.5 Å². The number of hydrogen-bond acceptors (Lipinski definition) is 5. The third kappa shape index (κ3) is 3.74. The van der Waals surface area contributed by atoms with E-state index in [1.165, 1.54) is 16.2 Å². The lowest BCUT2D eigenvalue weighted by Crippen LogP contribution is -2.34. The van der Waals surface area contributed by atoms with Gasteiger partial charge in [0, 0.05) is 18.5 Å². The molecule has 3 aromatic rings. The number of hydrogen-bond donors (Lipinski definition) is 0. The van der Waals surface area contributed by atoms with Crippen molar-refractivity contribution in [2.24, 2.45) is 0 Å². The van der Waals surface area contributed by atoms with E-state index in [0.29, 0.717) is 35.9 Å². The van der Waals surface area contributed by atoms with Crippen LogP contribution in [-0.4, -0.2) is 30.4 Å². The third-order valence-electron chi connectivity index (χ3n) is 4.88. The number of ether oxygens (including phenoxy) is 1. The summed E-state index contributed by atoms with van der Waals surface area (Å²) in [6.07, 6.45) is 0. The second-order valence-corrected chi connectivity index (χ2v) is 7.86. The fraction of sp³-hybridized carbons (Fsp3) is 0.167. The Morgan fingerprint density at radius 2 is 1.67 bits per heavy atom. The standard InChI is InChI=1S/C24H22N2O3S/c1-3-29-19-13-11-18(12-14-19)26-23(27)21(20-10-7-15-30-20)22(24(26)28)25(2)16-17-8-5-4-6-9-17/h4-15H,3,16H2,1-2H3. The molecule has 0 radical (unpaired) electrons. The number of anilines is 1. The molecule has 0 spiro atoms. The summed E-state index contributed by atoms with van der Waals surface area (Å²) >= 11 is 1.46. The first-order chi connectivity index (χ1) is 14.6. The quantitative estimate of drug-likeness (QED) is 0.528. The van der Waals surface area contributed by atoms with E-state index in [-0.39, 0.29) is 11.8 Å². The van der Waals surface area contributed by atoms with E-state index >= 15 is 0 Å². The first kappa shape index (κ1) is 19.9. The number of carbonyl (C=O) groups excluding carboxylic acids is 2. The summed E-state index contributed by atoms with van der Waals surface area (Å²) in [7, 11) is 1.85. The summed E-state index contributed by atoms with van der Waals surface area (Å²) in [5.74, 6) is 0.0840. The maximum atomic E-state index is 13.4. The molecule has 0 aliphatic carbocycles. The molecular formula is C24H22N2O3S. The fourth-order valence-corrected chi connectivity index (χ4v) is 4.31. The van der Waals surface area contributed by atoms with Crippen molar-refractivity contribution in [1.29, 1.82) is 0 Å². The molecule has 6 heteroatoms. The van der Waals surface area contributed by atoms with Crippen LogP contribution in [0, 0.1) is 0 Å². The first-order valence-electron chi connectivity index (χ1n) is 9.75. The Kier molecular flexibility index (Phi) is 5.68. The number of likely N-dealkylation sites (N-methyl/N-ethyl adjacent to an activating group) is 1. The summed E-state index contributed by atoms with van der Waals surface area (Å²) in [5, 5.41) is 1.91. The molecule has 1 aliphatic heterocycles. The molecule has 0 saturated heterocycles. The van der Waals surface area contributed by atoms with Gasteiger partial charge in [0.1, 0.15) is 11.4 Å². The number of rotatable bonds is 7. The third-order valence-corrected chi connectivity index (χ3v) is 5.76. The van der Waals surface area contributed by atoms with Gasteiger partial charge < -0.3 is 9.64 Å². The van der Waals surface area contributed by atoms with E-state index in [1.54, 1.807) is 24.3 Å². The van der Waals surface area contributed by atoms with Crippen LogP contribution in [0.3, 0.4) is 0 Å². The Morgan fingerprint density at radius 1 is 0.933 bits per heavy atom. The summed E-state index contributed by atoms with van der Waals surface area (Å²) in [4.78, 5) is 30.7. The monoisotopic (exact) mass is 418 g/mol. The molecule has 1 aromatic heterocycles. The van der Waals surface area contributed by atoms with Crippen LogP contribution in [-0.2, 0) is 16.1 Å².